The lowest BCUT2D eigenvalue weighted by atomic mass is 10.1. The summed E-state index contributed by atoms with van der Waals surface area (Å²) in [7, 11) is 0. The van der Waals surface area contributed by atoms with Crippen LogP contribution >= 0.6 is 0 Å². The molecule has 3 rings (SSSR count). The lowest BCUT2D eigenvalue weighted by Crippen LogP contribution is -2.32. The summed E-state index contributed by atoms with van der Waals surface area (Å²) in [6.45, 7) is 5.77. The van der Waals surface area contributed by atoms with Crippen molar-refractivity contribution in [2.45, 2.75) is 50.6 Å². The minimum absolute atomic E-state index is 0.0320. The van der Waals surface area contributed by atoms with E-state index in [1.807, 2.05) is 24.2 Å². The first-order valence-corrected chi connectivity index (χ1v) is 11.3. The van der Waals surface area contributed by atoms with Gasteiger partial charge < -0.3 is 19.6 Å². The van der Waals surface area contributed by atoms with Gasteiger partial charge in [0.15, 0.2) is 4.90 Å². The molecule has 3 unspecified atom stereocenters. The van der Waals surface area contributed by atoms with Crippen molar-refractivity contribution in [3.63, 3.8) is 0 Å². The van der Waals surface area contributed by atoms with Crippen LogP contribution in [0.2, 0.25) is 0 Å². The van der Waals surface area contributed by atoms with Crippen LogP contribution in [0.4, 0.5) is 0 Å². The van der Waals surface area contributed by atoms with Crippen LogP contribution in [0.3, 0.4) is 0 Å². The van der Waals surface area contributed by atoms with Crippen molar-refractivity contribution in [2.75, 3.05) is 19.7 Å². The number of rotatable bonds is 8. The molecule has 1 aliphatic heterocycles. The van der Waals surface area contributed by atoms with Gasteiger partial charge in [0.2, 0.25) is 0 Å². The Hall–Kier alpha value is -1.87. The molecule has 3 atom stereocenters. The summed E-state index contributed by atoms with van der Waals surface area (Å²) in [5.41, 5.74) is 5.75. The fourth-order valence-corrected chi connectivity index (χ4v) is 4.99. The summed E-state index contributed by atoms with van der Waals surface area (Å²) >= 11 is -1.36. The third-order valence-electron chi connectivity index (χ3n) is 5.28. The number of benzene rings is 1. The zero-order valence-corrected chi connectivity index (χ0v) is 17.8. The topological polar surface area (TPSA) is 101 Å². The molecule has 1 aromatic heterocycles. The monoisotopic (exact) mass is 419 g/mol. The predicted molar refractivity (Wildman–Crippen MR) is 114 cm³/mol. The Morgan fingerprint density at radius 1 is 1.34 bits per heavy atom. The number of esters is 1. The van der Waals surface area contributed by atoms with E-state index in [9.17, 15) is 14.1 Å². The van der Waals surface area contributed by atoms with Crippen LogP contribution in [0.25, 0.3) is 10.8 Å². The van der Waals surface area contributed by atoms with Gasteiger partial charge in [0.05, 0.1) is 35.8 Å². The molecule has 1 aromatic carbocycles. The van der Waals surface area contributed by atoms with Gasteiger partial charge in [-0.25, -0.2) is 0 Å². The van der Waals surface area contributed by atoms with E-state index in [4.69, 9.17) is 10.5 Å². The minimum atomic E-state index is -1.36. The number of hydrogen-bond donors (Lipinski definition) is 1. The zero-order valence-electron chi connectivity index (χ0n) is 17.0. The quantitative estimate of drug-likeness (QED) is 0.519. The molecule has 8 heteroatoms. The minimum Gasteiger partial charge on any atom is -0.593 e. The Balaban J connectivity index is 1.88. The maximum atomic E-state index is 13.0. The molecule has 1 saturated heterocycles. The number of aromatic nitrogens is 1. The zero-order chi connectivity index (χ0) is 21.0. The van der Waals surface area contributed by atoms with Gasteiger partial charge >= 0.3 is 5.97 Å². The molecule has 7 nitrogen and oxygen atoms in total. The molecule has 29 heavy (non-hydrogen) atoms. The van der Waals surface area contributed by atoms with E-state index in [2.05, 4.69) is 0 Å². The van der Waals surface area contributed by atoms with E-state index in [1.165, 1.54) is 0 Å². The highest BCUT2D eigenvalue weighted by Gasteiger charge is 2.31. The van der Waals surface area contributed by atoms with Gasteiger partial charge in [-0.05, 0) is 37.5 Å². The van der Waals surface area contributed by atoms with Crippen molar-refractivity contribution < 1.29 is 14.1 Å². The van der Waals surface area contributed by atoms with E-state index < -0.39 is 11.4 Å². The van der Waals surface area contributed by atoms with E-state index in [0.29, 0.717) is 41.8 Å². The Morgan fingerprint density at radius 2 is 2.14 bits per heavy atom. The first kappa shape index (κ1) is 21.8. The van der Waals surface area contributed by atoms with Crippen LogP contribution in [0.1, 0.15) is 33.1 Å². The van der Waals surface area contributed by atoms with Gasteiger partial charge in [0, 0.05) is 30.7 Å². The van der Waals surface area contributed by atoms with E-state index in [-0.39, 0.29) is 30.0 Å². The number of carbonyl (C=O) groups excluding carboxylic acids is 1. The molecule has 1 aliphatic rings. The third-order valence-corrected chi connectivity index (χ3v) is 6.81. The fourth-order valence-electron chi connectivity index (χ4n) is 3.56. The molecule has 2 aromatic rings. The molecule has 2 N–H and O–H groups in total. The maximum Gasteiger partial charge on any atom is 0.310 e. The second-order valence-corrected chi connectivity index (χ2v) is 8.90. The van der Waals surface area contributed by atoms with Crippen molar-refractivity contribution in [1.82, 2.24) is 8.87 Å². The Morgan fingerprint density at radius 3 is 2.79 bits per heavy atom. The summed E-state index contributed by atoms with van der Waals surface area (Å²) in [6.07, 6.45) is 3.85. The number of nitrogens with two attached hydrogens (primary N) is 1. The van der Waals surface area contributed by atoms with Crippen LogP contribution < -0.4 is 11.3 Å². The summed E-state index contributed by atoms with van der Waals surface area (Å²) in [6, 6.07) is 7.13. The molecule has 2 heterocycles. The number of pyridine rings is 1. The summed E-state index contributed by atoms with van der Waals surface area (Å²) in [4.78, 5) is 25.9. The molecule has 0 amide bonds. The van der Waals surface area contributed by atoms with Crippen LogP contribution in [-0.4, -0.2) is 45.1 Å². The number of nitrogens with zero attached hydrogens (tertiary/aromatic N) is 2. The first-order valence-electron chi connectivity index (χ1n) is 10.2. The van der Waals surface area contributed by atoms with Gasteiger partial charge in [0.25, 0.3) is 5.56 Å². The Labute approximate surface area is 174 Å². The number of hydrogen-bond acceptors (Lipinski definition) is 6. The van der Waals surface area contributed by atoms with Crippen LogP contribution in [0, 0.1) is 5.92 Å². The van der Waals surface area contributed by atoms with E-state index >= 15 is 0 Å². The van der Waals surface area contributed by atoms with Gasteiger partial charge in [-0.3, -0.25) is 9.59 Å². The predicted octanol–water partition coefficient (Wildman–Crippen LogP) is 2.04. The highest BCUT2D eigenvalue weighted by Crippen LogP contribution is 2.26. The fraction of sp³-hybridized carbons (Fsp3) is 0.524. The standard InChI is InChI=1S/C21H29N3O4S/c1-3-12-28-21(26)15(4-2)13-23-10-9-17-18(20(23)25)6-5-7-19(17)29(27)24-11-8-16(22)14-24/h5-7,9-10,15-16H,3-4,8,11-14,22H2,1-2H3. The summed E-state index contributed by atoms with van der Waals surface area (Å²) in [5, 5.41) is 1.17. The highest BCUT2D eigenvalue weighted by molar-refractivity contribution is 7.89. The SMILES string of the molecule is CCCOC(=O)C(CC)Cn1ccc2c([S+]([O-])N3CCC(N)C3)cccc2c1=O. The van der Waals surface area contributed by atoms with Crippen molar-refractivity contribution in [3.05, 3.63) is 40.8 Å². The molecule has 1 fully saturated rings. The number of ether oxygens (including phenoxy) is 1. The largest absolute Gasteiger partial charge is 0.593 e. The Bertz CT molecular complexity index is 916. The van der Waals surface area contributed by atoms with Gasteiger partial charge in [-0.15, -0.1) is 4.31 Å². The van der Waals surface area contributed by atoms with Crippen molar-refractivity contribution in [1.29, 1.82) is 0 Å². The van der Waals surface area contributed by atoms with E-state index in [1.54, 1.807) is 29.0 Å². The van der Waals surface area contributed by atoms with Crippen LogP contribution in [0.5, 0.6) is 0 Å². The maximum absolute atomic E-state index is 13.0. The molecular weight excluding hydrogens is 390 g/mol. The summed E-state index contributed by atoms with van der Waals surface area (Å²) in [5.74, 6) is -0.651. The molecule has 0 radical (unpaired) electrons. The molecule has 158 valence electrons. The van der Waals surface area contributed by atoms with E-state index in [0.717, 1.165) is 12.8 Å². The number of carbonyl (C=O) groups is 1. The number of fused-ring (bicyclic) bond motifs is 1. The molecule has 0 spiro atoms. The lowest BCUT2D eigenvalue weighted by molar-refractivity contribution is -0.149. The average Bonchev–Trinajstić information content (AvgIpc) is 3.17. The van der Waals surface area contributed by atoms with Crippen molar-refractivity contribution in [3.8, 4) is 0 Å². The Kier molecular flexibility index (Phi) is 7.34. The molecule has 0 aliphatic carbocycles. The normalized spacial score (nSPS) is 19.4. The van der Waals surface area contributed by atoms with Crippen LogP contribution in [0.15, 0.2) is 40.2 Å². The van der Waals surface area contributed by atoms with Gasteiger partial charge in [0.1, 0.15) is 0 Å². The van der Waals surface area contributed by atoms with Crippen molar-refractivity contribution in [2.24, 2.45) is 11.7 Å². The van der Waals surface area contributed by atoms with Gasteiger partial charge in [-0.2, -0.15) is 0 Å². The van der Waals surface area contributed by atoms with Crippen LogP contribution in [-0.2, 0) is 27.4 Å². The summed E-state index contributed by atoms with van der Waals surface area (Å²) < 4.78 is 21.7. The molecular formula is C21H29N3O4S. The molecule has 0 saturated carbocycles. The third kappa shape index (κ3) is 4.83. The average molecular weight is 420 g/mol. The lowest BCUT2D eigenvalue weighted by Gasteiger charge is -2.20. The second-order valence-electron chi connectivity index (χ2n) is 7.45. The molecule has 0 bridgehead atoms. The smallest absolute Gasteiger partial charge is 0.310 e. The van der Waals surface area contributed by atoms with Crippen molar-refractivity contribution >= 4 is 28.1 Å². The first-order chi connectivity index (χ1) is 14.0. The van der Waals surface area contributed by atoms with Gasteiger partial charge in [-0.1, -0.05) is 19.9 Å². The highest BCUT2D eigenvalue weighted by atomic mass is 32.2. The second kappa shape index (κ2) is 9.75.